The number of alkyl carbamates (subject to hydrolysis) is 1. The standard InChI is InChI=1S/C31H57NO11P2/c1-4-5-6-7-9-26(33)24-11-10-22-21-19-27(34)25-18-20(12-15-30(25,3)23(21)13-16-29(22,24)2)43-28(35)32-17-8-14-31(36,44(37,38)39)45(40,41)42/h20-27,33-34,36H,4-19H2,1-3H3,(H,32,35)(H2,37,38,39)(H2,40,41,42)/t20-,21-,22-,23-,24+,25+,26-,27-,29-,30+/m0/s1. The zero-order valence-electron chi connectivity index (χ0n) is 27.1. The van der Waals surface area contributed by atoms with E-state index in [2.05, 4.69) is 26.1 Å². The average molecular weight is 682 g/mol. The Balaban J connectivity index is 1.31. The van der Waals surface area contributed by atoms with Gasteiger partial charge < -0.3 is 44.9 Å². The average Bonchev–Trinajstić information content (AvgIpc) is 3.30. The SMILES string of the molecule is CCCCCC[C@H](O)[C@H]1CC[C@H]2[C@@H]3C[C@H](O)[C@H]4C[C@@H](OC(=O)NCCCC(O)(P(=O)(O)O)P(=O)(O)O)CC[C@]4(C)[C@H]3CC[C@]12C. The van der Waals surface area contributed by atoms with Crippen molar-refractivity contribution in [3.8, 4) is 0 Å². The van der Waals surface area contributed by atoms with Crippen LogP contribution in [-0.4, -0.2) is 70.9 Å². The number of rotatable bonds is 13. The highest BCUT2D eigenvalue weighted by molar-refractivity contribution is 7.72. The van der Waals surface area contributed by atoms with Crippen molar-refractivity contribution in [3.05, 3.63) is 0 Å². The van der Waals surface area contributed by atoms with Crippen molar-refractivity contribution in [2.45, 2.75) is 140 Å². The van der Waals surface area contributed by atoms with Crippen molar-refractivity contribution < 1.29 is 53.6 Å². The first-order valence-corrected chi connectivity index (χ1v) is 20.3. The lowest BCUT2D eigenvalue weighted by atomic mass is 9.44. The molecule has 4 fully saturated rings. The van der Waals surface area contributed by atoms with Crippen LogP contribution in [0.25, 0.3) is 0 Å². The number of nitrogens with one attached hydrogen (secondary N) is 1. The van der Waals surface area contributed by atoms with Crippen molar-refractivity contribution in [1.82, 2.24) is 5.32 Å². The quantitative estimate of drug-likeness (QED) is 0.0974. The molecule has 0 aromatic carbocycles. The lowest BCUT2D eigenvalue weighted by molar-refractivity contribution is -0.174. The maximum Gasteiger partial charge on any atom is 0.407 e. The fourth-order valence-corrected chi connectivity index (χ4v) is 12.5. The topological polar surface area (TPSA) is 214 Å². The molecule has 0 saturated heterocycles. The van der Waals surface area contributed by atoms with Crippen molar-refractivity contribution >= 4 is 21.3 Å². The number of hydrogen-bond donors (Lipinski definition) is 8. The van der Waals surface area contributed by atoms with Gasteiger partial charge in [-0.1, -0.05) is 46.5 Å². The Morgan fingerprint density at radius 1 is 0.911 bits per heavy atom. The van der Waals surface area contributed by atoms with E-state index in [-0.39, 0.29) is 35.8 Å². The van der Waals surface area contributed by atoms with E-state index in [1.165, 1.54) is 19.3 Å². The van der Waals surface area contributed by atoms with Crippen LogP contribution in [0.5, 0.6) is 0 Å². The van der Waals surface area contributed by atoms with Gasteiger partial charge in [-0.25, -0.2) is 4.79 Å². The molecule has 1 amide bonds. The van der Waals surface area contributed by atoms with Gasteiger partial charge in [-0.15, -0.1) is 0 Å². The summed E-state index contributed by atoms with van der Waals surface area (Å²) in [6.45, 7) is 6.68. The van der Waals surface area contributed by atoms with Crippen LogP contribution in [0.15, 0.2) is 0 Å². The first kappa shape index (κ1) is 37.3. The van der Waals surface area contributed by atoms with E-state index in [1.54, 1.807) is 0 Å². The lowest BCUT2D eigenvalue weighted by Crippen LogP contribution is -2.58. The number of aliphatic hydroxyl groups excluding tert-OH is 2. The fraction of sp³-hybridized carbons (Fsp3) is 0.968. The predicted octanol–water partition coefficient (Wildman–Crippen LogP) is 4.82. The molecule has 4 saturated carbocycles. The van der Waals surface area contributed by atoms with Crippen LogP contribution in [-0.2, 0) is 13.9 Å². The third kappa shape index (κ3) is 7.40. The Hall–Kier alpha value is -0.550. The summed E-state index contributed by atoms with van der Waals surface area (Å²) in [5, 5.41) is 31.7. The molecule has 262 valence electrons. The molecule has 0 radical (unpaired) electrons. The number of hydrogen-bond acceptors (Lipinski definition) is 7. The number of amides is 1. The number of aliphatic hydroxyl groups is 3. The van der Waals surface area contributed by atoms with Crippen molar-refractivity contribution in [2.24, 2.45) is 40.4 Å². The first-order valence-electron chi connectivity index (χ1n) is 17.0. The molecule has 8 N–H and O–H groups in total. The van der Waals surface area contributed by atoms with Gasteiger partial charge in [0.2, 0.25) is 0 Å². The van der Waals surface area contributed by atoms with E-state index in [9.17, 15) is 48.8 Å². The van der Waals surface area contributed by atoms with Crippen LogP contribution >= 0.6 is 15.2 Å². The zero-order chi connectivity index (χ0) is 33.4. The monoisotopic (exact) mass is 681 g/mol. The van der Waals surface area contributed by atoms with E-state index in [4.69, 9.17) is 4.74 Å². The van der Waals surface area contributed by atoms with Gasteiger partial charge >= 0.3 is 21.3 Å². The highest BCUT2D eigenvalue weighted by Crippen LogP contribution is 2.70. The maximum atomic E-state index is 12.5. The largest absolute Gasteiger partial charge is 0.446 e. The Kier molecular flexibility index (Phi) is 11.7. The molecule has 14 heteroatoms. The van der Waals surface area contributed by atoms with Crippen LogP contribution in [0, 0.1) is 40.4 Å². The Morgan fingerprint density at radius 3 is 2.20 bits per heavy atom. The molecular formula is C31H57NO11P2. The van der Waals surface area contributed by atoms with E-state index in [1.807, 2.05) is 0 Å². The Morgan fingerprint density at radius 2 is 1.56 bits per heavy atom. The molecule has 4 rings (SSSR count). The minimum absolute atomic E-state index is 0.0162. The number of carbonyl (C=O) groups excluding carboxylic acids is 1. The van der Waals surface area contributed by atoms with Crippen molar-refractivity contribution in [2.75, 3.05) is 6.54 Å². The van der Waals surface area contributed by atoms with Gasteiger partial charge in [-0.3, -0.25) is 9.13 Å². The van der Waals surface area contributed by atoms with Gasteiger partial charge in [0.1, 0.15) is 6.10 Å². The fourth-order valence-electron chi connectivity index (χ4n) is 10.2. The summed E-state index contributed by atoms with van der Waals surface area (Å²) >= 11 is 0. The number of fused-ring (bicyclic) bond motifs is 5. The highest BCUT2D eigenvalue weighted by atomic mass is 31.2. The Bertz CT molecular complexity index is 1110. The van der Waals surface area contributed by atoms with Gasteiger partial charge in [0.15, 0.2) is 0 Å². The molecule has 0 heterocycles. The second-order valence-electron chi connectivity index (χ2n) is 15.1. The molecule has 45 heavy (non-hydrogen) atoms. The molecule has 0 bridgehead atoms. The molecular weight excluding hydrogens is 624 g/mol. The maximum absolute atomic E-state index is 12.5. The third-order valence-electron chi connectivity index (χ3n) is 12.7. The minimum Gasteiger partial charge on any atom is -0.446 e. The van der Waals surface area contributed by atoms with Crippen molar-refractivity contribution in [3.63, 3.8) is 0 Å². The molecule has 12 nitrogen and oxygen atoms in total. The van der Waals surface area contributed by atoms with Crippen LogP contribution in [0.1, 0.15) is 117 Å². The van der Waals surface area contributed by atoms with E-state index in [0.29, 0.717) is 36.5 Å². The summed E-state index contributed by atoms with van der Waals surface area (Å²) in [5.74, 6) is 1.68. The van der Waals surface area contributed by atoms with Crippen molar-refractivity contribution in [1.29, 1.82) is 0 Å². The van der Waals surface area contributed by atoms with E-state index >= 15 is 0 Å². The van der Waals surface area contributed by atoms with Gasteiger partial charge in [0.25, 0.3) is 5.08 Å². The second-order valence-corrected chi connectivity index (χ2v) is 19.1. The molecule has 0 aromatic heterocycles. The van der Waals surface area contributed by atoms with Gasteiger partial charge in [-0.2, -0.15) is 0 Å². The smallest absolute Gasteiger partial charge is 0.407 e. The number of carbonyl (C=O) groups is 1. The molecule has 0 unspecified atom stereocenters. The van der Waals surface area contributed by atoms with E-state index < -0.39 is 45.0 Å². The summed E-state index contributed by atoms with van der Waals surface area (Å²) in [5.41, 5.74) is 0.0191. The van der Waals surface area contributed by atoms with Crippen LogP contribution in [0.2, 0.25) is 0 Å². The number of ether oxygens (including phenoxy) is 1. The van der Waals surface area contributed by atoms with Gasteiger partial charge in [-0.05, 0) is 105 Å². The summed E-state index contributed by atoms with van der Waals surface area (Å²) in [6.07, 6.45) is 9.42. The molecule has 0 aromatic rings. The molecule has 0 spiro atoms. The first-order chi connectivity index (χ1) is 20.9. The summed E-state index contributed by atoms with van der Waals surface area (Å²) < 4.78 is 28.7. The van der Waals surface area contributed by atoms with Crippen LogP contribution < -0.4 is 5.32 Å². The van der Waals surface area contributed by atoms with Crippen LogP contribution in [0.3, 0.4) is 0 Å². The summed E-state index contributed by atoms with van der Waals surface area (Å²) in [4.78, 5) is 49.6. The number of unbranched alkanes of at least 4 members (excludes halogenated alkanes) is 3. The summed E-state index contributed by atoms with van der Waals surface area (Å²) in [6, 6.07) is 0. The Labute approximate surface area is 267 Å². The molecule has 0 aliphatic heterocycles. The third-order valence-corrected chi connectivity index (χ3v) is 16.6. The van der Waals surface area contributed by atoms with E-state index in [0.717, 1.165) is 51.4 Å². The lowest BCUT2D eigenvalue weighted by Gasteiger charge is -2.62. The summed E-state index contributed by atoms with van der Waals surface area (Å²) in [7, 11) is -11.1. The minimum atomic E-state index is -5.55. The molecule has 4 aliphatic rings. The normalized spacial score (nSPS) is 37.7. The predicted molar refractivity (Wildman–Crippen MR) is 168 cm³/mol. The zero-order valence-corrected chi connectivity index (χ0v) is 28.9. The molecule has 4 aliphatic carbocycles. The highest BCUT2D eigenvalue weighted by Gasteiger charge is 2.63. The van der Waals surface area contributed by atoms with Crippen LogP contribution in [0.4, 0.5) is 4.79 Å². The second kappa shape index (κ2) is 14.1. The van der Waals surface area contributed by atoms with Gasteiger partial charge in [0.05, 0.1) is 12.2 Å². The van der Waals surface area contributed by atoms with Gasteiger partial charge in [0, 0.05) is 13.0 Å². The molecule has 10 atom stereocenters.